The molecule has 1 unspecified atom stereocenters. The van der Waals surface area contributed by atoms with E-state index in [4.69, 9.17) is 0 Å². The van der Waals surface area contributed by atoms with Crippen molar-refractivity contribution in [3.05, 3.63) is 46.6 Å². The third-order valence-electron chi connectivity index (χ3n) is 5.94. The summed E-state index contributed by atoms with van der Waals surface area (Å²) in [5.41, 5.74) is 6.56. The number of hydrogen-bond acceptors (Lipinski definition) is 0. The number of unbranched alkanes of at least 4 members (excludes halogenated alkanes) is 1. The van der Waals surface area contributed by atoms with Crippen molar-refractivity contribution < 1.29 is 0 Å². The molecule has 30 heavy (non-hydrogen) atoms. The summed E-state index contributed by atoms with van der Waals surface area (Å²) < 4.78 is 0. The molecule has 0 saturated heterocycles. The van der Waals surface area contributed by atoms with Gasteiger partial charge in [-0.2, -0.15) is 0 Å². The lowest BCUT2D eigenvalue weighted by atomic mass is 9.88. The van der Waals surface area contributed by atoms with Gasteiger partial charge in [0.2, 0.25) is 0 Å². The average Bonchev–Trinajstić information content (AvgIpc) is 2.62. The summed E-state index contributed by atoms with van der Waals surface area (Å²) in [6.07, 6.45) is 23.6. The van der Waals surface area contributed by atoms with Gasteiger partial charge in [0.05, 0.1) is 0 Å². The molecule has 0 heterocycles. The highest BCUT2D eigenvalue weighted by atomic mass is 14.1. The molecule has 0 aromatic rings. The Bertz CT molecular complexity index is 555. The first-order valence-electron chi connectivity index (χ1n) is 12.6. The predicted molar refractivity (Wildman–Crippen MR) is 140 cm³/mol. The summed E-state index contributed by atoms with van der Waals surface area (Å²) in [5, 5.41) is 0. The Morgan fingerprint density at radius 3 is 1.70 bits per heavy atom. The zero-order valence-electron chi connectivity index (χ0n) is 22.2. The fourth-order valence-electron chi connectivity index (χ4n) is 3.59. The largest absolute Gasteiger partial charge is 0.0856 e. The molecule has 0 aliphatic rings. The van der Waals surface area contributed by atoms with Gasteiger partial charge in [0, 0.05) is 0 Å². The Morgan fingerprint density at radius 1 is 0.633 bits per heavy atom. The van der Waals surface area contributed by atoms with Gasteiger partial charge in [0.1, 0.15) is 0 Å². The van der Waals surface area contributed by atoms with Gasteiger partial charge in [-0.3, -0.25) is 0 Å². The lowest BCUT2D eigenvalue weighted by Gasteiger charge is -2.18. The van der Waals surface area contributed by atoms with Crippen molar-refractivity contribution in [2.45, 2.75) is 133 Å². The fourth-order valence-corrected chi connectivity index (χ4v) is 3.59. The Labute approximate surface area is 191 Å². The van der Waals surface area contributed by atoms with Crippen molar-refractivity contribution in [1.82, 2.24) is 0 Å². The minimum absolute atomic E-state index is 0.453. The predicted octanol–water partition coefficient (Wildman–Crippen LogP) is 10.8. The summed E-state index contributed by atoms with van der Waals surface area (Å²) in [6.45, 7) is 20.7. The standard InChI is InChI=1S/C30H54/c1-25(2)15-12-18-28(5)21-13-19-26(3)16-10-11-17-27(4)20-14-22-29(6)23-24-30(7,8)9/h15-16,21-22,27H,10-14,17-20,23-24H2,1-9H3/b26-16+,28-21+,29-22+. The van der Waals surface area contributed by atoms with E-state index in [1.54, 1.807) is 11.1 Å². The first-order valence-corrected chi connectivity index (χ1v) is 12.6. The van der Waals surface area contributed by atoms with Crippen LogP contribution in [-0.2, 0) is 0 Å². The SMILES string of the molecule is CC(C)=CCC/C(C)=C/CC/C(C)=C/CCCC(C)CC/C=C(\C)CCC(C)(C)C. The van der Waals surface area contributed by atoms with Gasteiger partial charge in [-0.05, 0) is 110 Å². The maximum atomic E-state index is 2.49. The van der Waals surface area contributed by atoms with Crippen molar-refractivity contribution in [3.63, 3.8) is 0 Å². The Kier molecular flexibility index (Phi) is 16.1. The van der Waals surface area contributed by atoms with E-state index in [-0.39, 0.29) is 0 Å². The van der Waals surface area contributed by atoms with Gasteiger partial charge in [-0.25, -0.2) is 0 Å². The van der Waals surface area contributed by atoms with Crippen molar-refractivity contribution in [1.29, 1.82) is 0 Å². The van der Waals surface area contributed by atoms with E-state index in [9.17, 15) is 0 Å². The van der Waals surface area contributed by atoms with Crippen LogP contribution in [0.3, 0.4) is 0 Å². The lowest BCUT2D eigenvalue weighted by Crippen LogP contribution is -2.04. The molecule has 0 spiro atoms. The van der Waals surface area contributed by atoms with Crippen LogP contribution in [-0.4, -0.2) is 0 Å². The molecule has 0 bridgehead atoms. The van der Waals surface area contributed by atoms with E-state index in [1.807, 2.05) is 0 Å². The van der Waals surface area contributed by atoms with Crippen molar-refractivity contribution in [2.75, 3.05) is 0 Å². The van der Waals surface area contributed by atoms with E-state index in [2.05, 4.69) is 86.6 Å². The molecule has 174 valence electrons. The molecular weight excluding hydrogens is 360 g/mol. The molecule has 0 saturated carbocycles. The Morgan fingerprint density at radius 2 is 1.13 bits per heavy atom. The first-order chi connectivity index (χ1) is 14.0. The van der Waals surface area contributed by atoms with E-state index in [0.29, 0.717) is 5.41 Å². The molecule has 1 atom stereocenters. The van der Waals surface area contributed by atoms with Gasteiger partial charge in [0.25, 0.3) is 0 Å². The molecule has 0 radical (unpaired) electrons. The van der Waals surface area contributed by atoms with Gasteiger partial charge < -0.3 is 0 Å². The molecule has 0 heteroatoms. The molecule has 0 amide bonds. The van der Waals surface area contributed by atoms with Gasteiger partial charge >= 0.3 is 0 Å². The number of rotatable bonds is 15. The van der Waals surface area contributed by atoms with Crippen LogP contribution in [0.2, 0.25) is 0 Å². The molecule has 0 nitrogen and oxygen atoms in total. The highest BCUT2D eigenvalue weighted by Crippen LogP contribution is 2.24. The second kappa shape index (κ2) is 16.6. The molecule has 0 aliphatic carbocycles. The van der Waals surface area contributed by atoms with Crippen LogP contribution in [0.25, 0.3) is 0 Å². The van der Waals surface area contributed by atoms with Gasteiger partial charge in [-0.1, -0.05) is 80.7 Å². The Hall–Kier alpha value is -1.04. The minimum atomic E-state index is 0.453. The molecule has 0 rings (SSSR count). The molecular formula is C30H54. The fraction of sp³-hybridized carbons (Fsp3) is 0.733. The summed E-state index contributed by atoms with van der Waals surface area (Å²) >= 11 is 0. The van der Waals surface area contributed by atoms with Gasteiger partial charge in [0.15, 0.2) is 0 Å². The summed E-state index contributed by atoms with van der Waals surface area (Å²) in [6, 6.07) is 0. The smallest absolute Gasteiger partial charge is 0.0288 e. The van der Waals surface area contributed by atoms with E-state index in [1.165, 1.54) is 81.8 Å². The maximum absolute atomic E-state index is 2.49. The van der Waals surface area contributed by atoms with Crippen LogP contribution in [0.1, 0.15) is 133 Å². The van der Waals surface area contributed by atoms with Crippen LogP contribution in [0.5, 0.6) is 0 Å². The van der Waals surface area contributed by atoms with Crippen LogP contribution in [0.15, 0.2) is 46.6 Å². The van der Waals surface area contributed by atoms with Crippen molar-refractivity contribution >= 4 is 0 Å². The molecule has 0 fully saturated rings. The second-order valence-corrected chi connectivity index (χ2v) is 11.2. The highest BCUT2D eigenvalue weighted by molar-refractivity contribution is 5.05. The summed E-state index contributed by atoms with van der Waals surface area (Å²) in [4.78, 5) is 0. The Balaban J connectivity index is 3.92. The topological polar surface area (TPSA) is 0 Å². The van der Waals surface area contributed by atoms with E-state index < -0.39 is 0 Å². The van der Waals surface area contributed by atoms with Crippen molar-refractivity contribution in [3.8, 4) is 0 Å². The van der Waals surface area contributed by atoms with E-state index in [0.717, 1.165) is 5.92 Å². The summed E-state index contributed by atoms with van der Waals surface area (Å²) in [5.74, 6) is 0.844. The third-order valence-corrected chi connectivity index (χ3v) is 5.94. The van der Waals surface area contributed by atoms with Crippen LogP contribution >= 0.6 is 0 Å². The number of allylic oxidation sites excluding steroid dienone is 8. The zero-order valence-corrected chi connectivity index (χ0v) is 22.2. The summed E-state index contributed by atoms with van der Waals surface area (Å²) in [7, 11) is 0. The van der Waals surface area contributed by atoms with Crippen LogP contribution in [0, 0.1) is 11.3 Å². The number of hydrogen-bond donors (Lipinski definition) is 0. The maximum Gasteiger partial charge on any atom is -0.0288 e. The molecule has 0 N–H and O–H groups in total. The van der Waals surface area contributed by atoms with Crippen molar-refractivity contribution in [2.24, 2.45) is 11.3 Å². The van der Waals surface area contributed by atoms with Crippen LogP contribution in [0.4, 0.5) is 0 Å². The monoisotopic (exact) mass is 414 g/mol. The highest BCUT2D eigenvalue weighted by Gasteiger charge is 2.09. The normalized spacial score (nSPS) is 14.8. The lowest BCUT2D eigenvalue weighted by molar-refractivity contribution is 0.377. The van der Waals surface area contributed by atoms with Crippen LogP contribution < -0.4 is 0 Å². The van der Waals surface area contributed by atoms with E-state index >= 15 is 0 Å². The average molecular weight is 415 g/mol. The molecule has 0 aliphatic heterocycles. The molecule has 0 aromatic heterocycles. The third kappa shape index (κ3) is 20.2. The quantitative estimate of drug-likeness (QED) is 0.184. The zero-order chi connectivity index (χ0) is 23.0. The minimum Gasteiger partial charge on any atom is -0.0856 e. The first kappa shape index (κ1) is 29.0. The second-order valence-electron chi connectivity index (χ2n) is 11.2. The van der Waals surface area contributed by atoms with Gasteiger partial charge in [-0.15, -0.1) is 0 Å². The molecule has 0 aromatic carbocycles.